The van der Waals surface area contributed by atoms with E-state index in [2.05, 4.69) is 20.6 Å². The Morgan fingerprint density at radius 3 is 2.68 bits per heavy atom. The lowest BCUT2D eigenvalue weighted by molar-refractivity contribution is -0.121. The topological polar surface area (TPSA) is 121 Å². The van der Waals surface area contributed by atoms with Gasteiger partial charge in [0.15, 0.2) is 11.6 Å². The first-order valence-corrected chi connectivity index (χ1v) is 9.51. The standard InChI is InChI=1S/C15H12ClF2N5O4S/c1-7(10-4-20-11(16)5-19-10)21-12(24)6-23-15(25)22-9-3-2-8(17)13(18)14(9)28(23,26)27/h2-5,7H,6H2,1H3,(H,21,24)(H,22,25). The number of nitrogens with one attached hydrogen (secondary N) is 2. The van der Waals surface area contributed by atoms with E-state index in [0.29, 0.717) is 11.8 Å². The Bertz CT molecular complexity index is 1060. The molecule has 0 fully saturated rings. The van der Waals surface area contributed by atoms with Crippen molar-refractivity contribution in [1.82, 2.24) is 19.6 Å². The average Bonchev–Trinajstić information content (AvgIpc) is 2.62. The molecule has 1 unspecified atom stereocenters. The third-order valence-electron chi connectivity index (χ3n) is 3.81. The van der Waals surface area contributed by atoms with Gasteiger partial charge >= 0.3 is 6.03 Å². The number of carbonyl (C=O) groups excluding carboxylic acids is 2. The molecule has 1 aliphatic heterocycles. The normalized spacial score (nSPS) is 16.1. The molecule has 0 bridgehead atoms. The van der Waals surface area contributed by atoms with E-state index < -0.39 is 56.8 Å². The van der Waals surface area contributed by atoms with Crippen molar-refractivity contribution in [3.8, 4) is 0 Å². The van der Waals surface area contributed by atoms with E-state index in [1.807, 2.05) is 0 Å². The zero-order chi connectivity index (χ0) is 20.6. The Labute approximate surface area is 162 Å². The first kappa shape index (κ1) is 19.9. The Morgan fingerprint density at radius 2 is 2.04 bits per heavy atom. The Morgan fingerprint density at radius 1 is 1.32 bits per heavy atom. The summed E-state index contributed by atoms with van der Waals surface area (Å²) in [4.78, 5) is 31.0. The van der Waals surface area contributed by atoms with Gasteiger partial charge in [-0.1, -0.05) is 11.6 Å². The van der Waals surface area contributed by atoms with Gasteiger partial charge in [-0.25, -0.2) is 31.3 Å². The number of carbonyl (C=O) groups is 2. The monoisotopic (exact) mass is 431 g/mol. The lowest BCUT2D eigenvalue weighted by Gasteiger charge is -2.28. The number of hydrogen-bond donors (Lipinski definition) is 2. The van der Waals surface area contributed by atoms with Crippen molar-refractivity contribution >= 4 is 39.2 Å². The summed E-state index contributed by atoms with van der Waals surface area (Å²) in [6.45, 7) is 0.597. The fourth-order valence-corrected chi connectivity index (χ4v) is 4.06. The molecule has 148 valence electrons. The van der Waals surface area contributed by atoms with E-state index in [4.69, 9.17) is 11.6 Å². The van der Waals surface area contributed by atoms with E-state index in [0.717, 1.165) is 6.07 Å². The Balaban J connectivity index is 1.81. The fourth-order valence-electron chi connectivity index (χ4n) is 2.47. The summed E-state index contributed by atoms with van der Waals surface area (Å²) in [6.07, 6.45) is 2.57. The third kappa shape index (κ3) is 3.60. The van der Waals surface area contributed by atoms with E-state index in [1.165, 1.54) is 12.4 Å². The predicted molar refractivity (Wildman–Crippen MR) is 92.9 cm³/mol. The molecule has 2 heterocycles. The summed E-state index contributed by atoms with van der Waals surface area (Å²) in [6, 6.07) is -0.259. The van der Waals surface area contributed by atoms with E-state index in [-0.39, 0.29) is 9.46 Å². The van der Waals surface area contributed by atoms with Crippen LogP contribution in [-0.2, 0) is 14.8 Å². The van der Waals surface area contributed by atoms with Gasteiger partial charge in [0.25, 0.3) is 10.0 Å². The highest BCUT2D eigenvalue weighted by molar-refractivity contribution is 7.90. The van der Waals surface area contributed by atoms with Crippen molar-refractivity contribution in [1.29, 1.82) is 0 Å². The number of sulfonamides is 1. The molecular formula is C15H12ClF2N5O4S. The van der Waals surface area contributed by atoms with Gasteiger partial charge in [-0.3, -0.25) is 9.78 Å². The number of fused-ring (bicyclic) bond motifs is 1. The van der Waals surface area contributed by atoms with Gasteiger partial charge in [-0.05, 0) is 19.1 Å². The van der Waals surface area contributed by atoms with Crippen LogP contribution in [0.25, 0.3) is 0 Å². The largest absolute Gasteiger partial charge is 0.346 e. The van der Waals surface area contributed by atoms with Crippen LogP contribution >= 0.6 is 11.6 Å². The number of rotatable bonds is 4. The number of benzene rings is 1. The maximum Gasteiger partial charge on any atom is 0.336 e. The maximum atomic E-state index is 14.0. The van der Waals surface area contributed by atoms with Crippen LogP contribution in [0, 0.1) is 11.6 Å². The molecule has 0 aliphatic carbocycles. The molecule has 1 aromatic heterocycles. The molecule has 1 aliphatic rings. The number of hydrogen-bond acceptors (Lipinski definition) is 6. The van der Waals surface area contributed by atoms with Crippen LogP contribution in [0.3, 0.4) is 0 Å². The number of urea groups is 1. The highest BCUT2D eigenvalue weighted by Gasteiger charge is 2.41. The summed E-state index contributed by atoms with van der Waals surface area (Å²) >= 11 is 5.63. The molecule has 0 saturated heterocycles. The molecule has 1 aromatic carbocycles. The molecule has 0 spiro atoms. The zero-order valence-corrected chi connectivity index (χ0v) is 15.7. The van der Waals surface area contributed by atoms with Crippen LogP contribution in [0.5, 0.6) is 0 Å². The average molecular weight is 432 g/mol. The second-order valence-corrected chi connectivity index (χ2v) is 7.92. The van der Waals surface area contributed by atoms with Gasteiger partial charge < -0.3 is 10.6 Å². The van der Waals surface area contributed by atoms with Gasteiger partial charge in [0.05, 0.1) is 29.8 Å². The third-order valence-corrected chi connectivity index (χ3v) is 5.80. The molecule has 3 amide bonds. The minimum Gasteiger partial charge on any atom is -0.346 e. The number of nitrogens with zero attached hydrogens (tertiary/aromatic N) is 3. The van der Waals surface area contributed by atoms with Gasteiger partial charge in [-0.2, -0.15) is 0 Å². The van der Waals surface area contributed by atoms with Gasteiger partial charge in [-0.15, -0.1) is 0 Å². The number of halogens is 3. The van der Waals surface area contributed by atoms with Crippen LogP contribution in [-0.4, -0.2) is 41.2 Å². The van der Waals surface area contributed by atoms with Gasteiger partial charge in [0, 0.05) is 0 Å². The summed E-state index contributed by atoms with van der Waals surface area (Å²) in [5.41, 5.74) is -0.0764. The molecule has 3 rings (SSSR count). The van der Waals surface area contributed by atoms with E-state index in [9.17, 15) is 26.8 Å². The van der Waals surface area contributed by atoms with Crippen LogP contribution in [0.1, 0.15) is 18.7 Å². The minimum atomic E-state index is -4.79. The van der Waals surface area contributed by atoms with E-state index >= 15 is 0 Å². The first-order chi connectivity index (χ1) is 13.1. The fraction of sp³-hybridized carbons (Fsp3) is 0.200. The number of anilines is 1. The summed E-state index contributed by atoms with van der Waals surface area (Å²) < 4.78 is 52.7. The van der Waals surface area contributed by atoms with Crippen LogP contribution < -0.4 is 10.6 Å². The lowest BCUT2D eigenvalue weighted by atomic mass is 10.2. The molecule has 0 radical (unpaired) electrons. The van der Waals surface area contributed by atoms with Crippen LogP contribution in [0.15, 0.2) is 29.4 Å². The molecule has 1 atom stereocenters. The first-order valence-electron chi connectivity index (χ1n) is 7.69. The quantitative estimate of drug-likeness (QED) is 0.761. The van der Waals surface area contributed by atoms with Crippen LogP contribution in [0.2, 0.25) is 5.15 Å². The molecule has 2 N–H and O–H groups in total. The van der Waals surface area contributed by atoms with Crippen molar-refractivity contribution in [2.24, 2.45) is 0 Å². The van der Waals surface area contributed by atoms with Crippen molar-refractivity contribution in [2.45, 2.75) is 17.9 Å². The van der Waals surface area contributed by atoms with E-state index in [1.54, 1.807) is 6.92 Å². The second-order valence-electron chi connectivity index (χ2n) is 5.73. The SMILES string of the molecule is CC(NC(=O)CN1C(=O)Nc2ccc(F)c(F)c2S1(=O)=O)c1cnc(Cl)cn1. The Kier molecular flexibility index (Phi) is 5.17. The molecular weight excluding hydrogens is 420 g/mol. The lowest BCUT2D eigenvalue weighted by Crippen LogP contribution is -2.49. The summed E-state index contributed by atoms with van der Waals surface area (Å²) in [5.74, 6) is -3.92. The van der Waals surface area contributed by atoms with Crippen LogP contribution in [0.4, 0.5) is 19.3 Å². The molecule has 28 heavy (non-hydrogen) atoms. The van der Waals surface area contributed by atoms with Crippen molar-refractivity contribution < 1.29 is 26.8 Å². The Hall–Kier alpha value is -2.86. The highest BCUT2D eigenvalue weighted by Crippen LogP contribution is 2.33. The molecule has 2 aromatic rings. The minimum absolute atomic E-state index is 0.118. The van der Waals surface area contributed by atoms with Gasteiger partial charge in [0.1, 0.15) is 16.6 Å². The maximum absolute atomic E-state index is 14.0. The number of amides is 3. The number of aromatic nitrogens is 2. The predicted octanol–water partition coefficient (Wildman–Crippen LogP) is 1.82. The smallest absolute Gasteiger partial charge is 0.336 e. The molecule has 0 saturated carbocycles. The zero-order valence-electron chi connectivity index (χ0n) is 14.1. The molecule has 9 nitrogen and oxygen atoms in total. The summed E-state index contributed by atoms with van der Waals surface area (Å²) in [7, 11) is -4.79. The van der Waals surface area contributed by atoms with Gasteiger partial charge in [0.2, 0.25) is 5.91 Å². The second kappa shape index (κ2) is 7.28. The van der Waals surface area contributed by atoms with Crippen molar-refractivity contribution in [3.63, 3.8) is 0 Å². The highest BCUT2D eigenvalue weighted by atomic mass is 35.5. The van der Waals surface area contributed by atoms with Crippen molar-refractivity contribution in [2.75, 3.05) is 11.9 Å². The van der Waals surface area contributed by atoms with Crippen molar-refractivity contribution in [3.05, 3.63) is 47.0 Å². The molecule has 13 heteroatoms. The summed E-state index contributed by atoms with van der Waals surface area (Å²) in [5, 5.41) is 4.69.